The van der Waals surface area contributed by atoms with Crippen molar-refractivity contribution in [1.82, 2.24) is 15.1 Å². The zero-order chi connectivity index (χ0) is 19.5. The van der Waals surface area contributed by atoms with Gasteiger partial charge in [-0.05, 0) is 34.9 Å². The van der Waals surface area contributed by atoms with Gasteiger partial charge in [0, 0.05) is 25.1 Å². The Bertz CT molecular complexity index is 1110. The van der Waals surface area contributed by atoms with Gasteiger partial charge in [0.15, 0.2) is 5.76 Å². The Hall–Kier alpha value is -3.74. The molecule has 0 aliphatic heterocycles. The number of hydrogen-bond acceptors (Lipinski definition) is 6. The van der Waals surface area contributed by atoms with E-state index >= 15 is 0 Å². The quantitative estimate of drug-likeness (QED) is 0.516. The van der Waals surface area contributed by atoms with Gasteiger partial charge in [-0.25, -0.2) is 9.97 Å². The van der Waals surface area contributed by atoms with E-state index in [9.17, 15) is 4.39 Å². The highest BCUT2D eigenvalue weighted by Crippen LogP contribution is 2.25. The fraction of sp³-hybridized carbons (Fsp3) is 0.0952. The summed E-state index contributed by atoms with van der Waals surface area (Å²) in [6, 6.07) is 16.6. The molecule has 0 fully saturated rings. The normalized spacial score (nSPS) is 10.9. The minimum atomic E-state index is -0.573. The molecule has 0 amide bonds. The second kappa shape index (κ2) is 7.48. The van der Waals surface area contributed by atoms with Crippen LogP contribution in [0, 0.1) is 5.95 Å². The number of rotatable bonds is 5. The van der Waals surface area contributed by atoms with Crippen molar-refractivity contribution < 1.29 is 8.91 Å². The van der Waals surface area contributed by atoms with Crippen molar-refractivity contribution in [1.29, 1.82) is 0 Å². The number of hydrogen-bond donors (Lipinski definition) is 2. The smallest absolute Gasteiger partial charge is 0.214 e. The number of nitrogen functional groups attached to an aromatic ring is 2. The van der Waals surface area contributed by atoms with Crippen LogP contribution in [0.15, 0.2) is 65.3 Å². The summed E-state index contributed by atoms with van der Waals surface area (Å²) in [4.78, 5) is 7.72. The zero-order valence-electron chi connectivity index (χ0n) is 15.0. The van der Waals surface area contributed by atoms with E-state index in [-0.39, 0.29) is 5.82 Å². The molecule has 4 aromatic rings. The van der Waals surface area contributed by atoms with Crippen LogP contribution in [0.2, 0.25) is 0 Å². The number of benzene rings is 1. The van der Waals surface area contributed by atoms with Crippen LogP contribution in [0.5, 0.6) is 0 Å². The molecule has 140 valence electrons. The van der Waals surface area contributed by atoms with Crippen LogP contribution in [0.3, 0.4) is 0 Å². The van der Waals surface area contributed by atoms with Crippen molar-refractivity contribution in [3.05, 3.63) is 89.1 Å². The number of anilines is 2. The first kappa shape index (κ1) is 17.7. The number of nitrogens with zero attached hydrogens (tertiary/aromatic N) is 3. The molecule has 0 unspecified atom stereocenters. The first-order valence-corrected chi connectivity index (χ1v) is 8.73. The summed E-state index contributed by atoms with van der Waals surface area (Å²) in [6.45, 7) is 0. The molecule has 0 bridgehead atoms. The van der Waals surface area contributed by atoms with Crippen molar-refractivity contribution in [2.45, 2.75) is 12.8 Å². The summed E-state index contributed by atoms with van der Waals surface area (Å²) in [5, 5.41) is 4.12. The van der Waals surface area contributed by atoms with Gasteiger partial charge in [0.25, 0.3) is 0 Å². The molecule has 1 aromatic carbocycles. The van der Waals surface area contributed by atoms with E-state index in [0.29, 0.717) is 24.4 Å². The standard InChI is InChI=1S/C21H18FN5O/c22-19-8-7-15(20(23)26-19)10-13-3-5-14(6-4-13)11-16-12-18(28-27-16)17-2-1-9-25-21(17)24/h1-9,12H,10-11H2,(H2,23,26)(H2,24,25). The van der Waals surface area contributed by atoms with Crippen molar-refractivity contribution in [3.63, 3.8) is 0 Å². The molecule has 3 heterocycles. The van der Waals surface area contributed by atoms with Gasteiger partial charge in [0.2, 0.25) is 5.95 Å². The Morgan fingerprint density at radius 2 is 1.64 bits per heavy atom. The minimum Gasteiger partial charge on any atom is -0.383 e. The summed E-state index contributed by atoms with van der Waals surface area (Å²) in [7, 11) is 0. The van der Waals surface area contributed by atoms with Gasteiger partial charge in [0.05, 0.1) is 11.3 Å². The zero-order valence-corrected chi connectivity index (χ0v) is 15.0. The highest BCUT2D eigenvalue weighted by Gasteiger charge is 2.11. The highest BCUT2D eigenvalue weighted by molar-refractivity contribution is 5.69. The largest absolute Gasteiger partial charge is 0.383 e. The average Bonchev–Trinajstić information content (AvgIpc) is 3.14. The van der Waals surface area contributed by atoms with E-state index < -0.39 is 5.95 Å². The van der Waals surface area contributed by atoms with Crippen LogP contribution < -0.4 is 11.5 Å². The van der Waals surface area contributed by atoms with Crippen LogP contribution in [-0.2, 0) is 12.8 Å². The van der Waals surface area contributed by atoms with E-state index in [2.05, 4.69) is 15.1 Å². The molecule has 7 heteroatoms. The predicted molar refractivity (Wildman–Crippen MR) is 105 cm³/mol. The summed E-state index contributed by atoms with van der Waals surface area (Å²) in [5.74, 6) is 0.645. The molecule has 4 N–H and O–H groups in total. The van der Waals surface area contributed by atoms with Crippen molar-refractivity contribution in [3.8, 4) is 11.3 Å². The van der Waals surface area contributed by atoms with E-state index in [1.165, 1.54) is 6.07 Å². The molecule has 3 aromatic heterocycles. The lowest BCUT2D eigenvalue weighted by molar-refractivity contribution is 0.425. The lowest BCUT2D eigenvalue weighted by atomic mass is 10.0. The van der Waals surface area contributed by atoms with E-state index in [0.717, 1.165) is 27.9 Å². The molecule has 0 saturated heterocycles. The molecule has 0 radical (unpaired) electrons. The molecule has 6 nitrogen and oxygen atoms in total. The lowest BCUT2D eigenvalue weighted by Gasteiger charge is -2.06. The molecular weight excluding hydrogens is 357 g/mol. The van der Waals surface area contributed by atoms with Gasteiger partial charge < -0.3 is 16.0 Å². The topological polar surface area (TPSA) is 104 Å². The second-order valence-corrected chi connectivity index (χ2v) is 6.47. The van der Waals surface area contributed by atoms with Gasteiger partial charge in [-0.2, -0.15) is 4.39 Å². The van der Waals surface area contributed by atoms with Crippen LogP contribution in [0.1, 0.15) is 22.4 Å². The maximum absolute atomic E-state index is 13.1. The predicted octanol–water partition coefficient (Wildman–Crippen LogP) is 3.62. The van der Waals surface area contributed by atoms with Gasteiger partial charge >= 0.3 is 0 Å². The maximum Gasteiger partial charge on any atom is 0.214 e. The third kappa shape index (κ3) is 3.83. The monoisotopic (exact) mass is 375 g/mol. The molecule has 0 atom stereocenters. The van der Waals surface area contributed by atoms with Crippen LogP contribution in [-0.4, -0.2) is 15.1 Å². The Balaban J connectivity index is 1.46. The molecule has 4 rings (SSSR count). The average molecular weight is 375 g/mol. The number of pyridine rings is 2. The first-order valence-electron chi connectivity index (χ1n) is 8.73. The SMILES string of the molecule is Nc1nc(F)ccc1Cc1ccc(Cc2cc(-c3cccnc3N)on2)cc1. The van der Waals surface area contributed by atoms with Crippen molar-refractivity contribution >= 4 is 11.6 Å². The summed E-state index contributed by atoms with van der Waals surface area (Å²) in [6.07, 6.45) is 2.85. The number of nitrogens with two attached hydrogens (primary N) is 2. The Labute approximate surface area is 161 Å². The molecule has 0 aliphatic rings. The highest BCUT2D eigenvalue weighted by atomic mass is 19.1. The maximum atomic E-state index is 13.1. The number of halogens is 1. The fourth-order valence-electron chi connectivity index (χ4n) is 2.98. The van der Waals surface area contributed by atoms with Crippen LogP contribution in [0.4, 0.5) is 16.0 Å². The third-order valence-corrected chi connectivity index (χ3v) is 4.44. The second-order valence-electron chi connectivity index (χ2n) is 6.47. The minimum absolute atomic E-state index is 0.217. The van der Waals surface area contributed by atoms with Crippen LogP contribution in [0.25, 0.3) is 11.3 Å². The van der Waals surface area contributed by atoms with Crippen LogP contribution >= 0.6 is 0 Å². The first-order chi connectivity index (χ1) is 13.6. The Morgan fingerprint density at radius 1 is 0.893 bits per heavy atom. The number of aromatic nitrogens is 3. The van der Waals surface area contributed by atoms with E-state index in [4.69, 9.17) is 16.0 Å². The van der Waals surface area contributed by atoms with Crippen molar-refractivity contribution in [2.24, 2.45) is 0 Å². The van der Waals surface area contributed by atoms with E-state index in [1.54, 1.807) is 18.3 Å². The van der Waals surface area contributed by atoms with Crippen molar-refractivity contribution in [2.75, 3.05) is 11.5 Å². The van der Waals surface area contributed by atoms with Gasteiger partial charge in [-0.15, -0.1) is 0 Å². The molecular formula is C21H18FN5O. The van der Waals surface area contributed by atoms with E-state index in [1.807, 2.05) is 36.4 Å². The molecule has 0 aliphatic carbocycles. The van der Waals surface area contributed by atoms with Gasteiger partial charge in [0.1, 0.15) is 11.6 Å². The molecule has 28 heavy (non-hydrogen) atoms. The summed E-state index contributed by atoms with van der Waals surface area (Å²) >= 11 is 0. The summed E-state index contributed by atoms with van der Waals surface area (Å²) < 4.78 is 18.5. The molecule has 0 spiro atoms. The summed E-state index contributed by atoms with van der Waals surface area (Å²) in [5.41, 5.74) is 16.1. The Kier molecular flexibility index (Phi) is 4.72. The lowest BCUT2D eigenvalue weighted by Crippen LogP contribution is -2.00. The Morgan fingerprint density at radius 3 is 2.36 bits per heavy atom. The third-order valence-electron chi connectivity index (χ3n) is 4.44. The fourth-order valence-corrected chi connectivity index (χ4v) is 2.98. The molecule has 0 saturated carbocycles. The van der Waals surface area contributed by atoms with Gasteiger partial charge in [-0.3, -0.25) is 0 Å². The van der Waals surface area contributed by atoms with Gasteiger partial charge in [-0.1, -0.05) is 35.5 Å².